The SMILES string of the molecule is CCCCCCCCCCCCCC(=O)O[C@@H]1OC(CO)[C@@H](O[C@H]2O[C@H](CO)[C@@H](O)[C@H](O)[C@H]2O)C(O)[C@H]1O. The van der Waals surface area contributed by atoms with Gasteiger partial charge in [-0.1, -0.05) is 71.1 Å². The Kier molecular flexibility index (Phi) is 15.5. The zero-order chi connectivity index (χ0) is 28.1. The number of carbonyl (C=O) groups is 1. The van der Waals surface area contributed by atoms with Gasteiger partial charge in [0.2, 0.25) is 6.29 Å². The topological polar surface area (TPSA) is 196 Å². The summed E-state index contributed by atoms with van der Waals surface area (Å²) in [6.07, 6.45) is -3.06. The average Bonchev–Trinajstić information content (AvgIpc) is 2.91. The van der Waals surface area contributed by atoms with Crippen LogP contribution >= 0.6 is 0 Å². The quantitative estimate of drug-likeness (QED) is 0.0933. The van der Waals surface area contributed by atoms with E-state index in [4.69, 9.17) is 18.9 Å². The zero-order valence-corrected chi connectivity index (χ0v) is 22.3. The van der Waals surface area contributed by atoms with Gasteiger partial charge >= 0.3 is 5.97 Å². The van der Waals surface area contributed by atoms with E-state index < -0.39 is 80.6 Å². The van der Waals surface area contributed by atoms with Crippen LogP contribution in [0.15, 0.2) is 0 Å². The Bertz CT molecular complexity index is 648. The molecule has 0 aromatic rings. The number of hydrogen-bond acceptors (Lipinski definition) is 12. The van der Waals surface area contributed by atoms with E-state index in [1.54, 1.807) is 0 Å². The van der Waals surface area contributed by atoms with Crippen LogP contribution in [0.1, 0.15) is 84.0 Å². The predicted octanol–water partition coefficient (Wildman–Crippen LogP) is -0.145. The summed E-state index contributed by atoms with van der Waals surface area (Å²) >= 11 is 0. The Labute approximate surface area is 224 Å². The highest BCUT2D eigenvalue weighted by Gasteiger charge is 2.51. The number of ether oxygens (including phenoxy) is 4. The van der Waals surface area contributed by atoms with Crippen molar-refractivity contribution in [2.75, 3.05) is 13.2 Å². The van der Waals surface area contributed by atoms with Crippen molar-refractivity contribution >= 4 is 5.97 Å². The fourth-order valence-corrected chi connectivity index (χ4v) is 4.77. The molecule has 2 aliphatic rings. The lowest BCUT2D eigenvalue weighted by molar-refractivity contribution is -0.355. The first-order chi connectivity index (χ1) is 18.2. The maximum absolute atomic E-state index is 12.3. The van der Waals surface area contributed by atoms with E-state index in [1.807, 2.05) is 0 Å². The molecule has 224 valence electrons. The van der Waals surface area contributed by atoms with Gasteiger partial charge in [0.1, 0.15) is 48.8 Å². The van der Waals surface area contributed by atoms with Gasteiger partial charge in [-0.2, -0.15) is 0 Å². The van der Waals surface area contributed by atoms with Crippen molar-refractivity contribution in [3.8, 4) is 0 Å². The highest BCUT2D eigenvalue weighted by molar-refractivity contribution is 5.69. The van der Waals surface area contributed by atoms with Crippen molar-refractivity contribution < 1.29 is 59.5 Å². The summed E-state index contributed by atoms with van der Waals surface area (Å²) in [6.45, 7) is 0.826. The van der Waals surface area contributed by atoms with Crippen molar-refractivity contribution in [3.63, 3.8) is 0 Å². The summed E-state index contributed by atoms with van der Waals surface area (Å²) < 4.78 is 21.4. The second-order valence-corrected chi connectivity index (χ2v) is 10.3. The molecule has 2 unspecified atom stereocenters. The minimum Gasteiger partial charge on any atom is -0.433 e. The van der Waals surface area contributed by atoms with E-state index >= 15 is 0 Å². The molecule has 12 nitrogen and oxygen atoms in total. The summed E-state index contributed by atoms with van der Waals surface area (Å²) in [6, 6.07) is 0. The summed E-state index contributed by atoms with van der Waals surface area (Å²) in [5.41, 5.74) is 0. The Morgan fingerprint density at radius 2 is 1.13 bits per heavy atom. The highest BCUT2D eigenvalue weighted by Crippen LogP contribution is 2.29. The number of hydrogen-bond donors (Lipinski definition) is 7. The van der Waals surface area contributed by atoms with Crippen LogP contribution in [-0.4, -0.2) is 116 Å². The van der Waals surface area contributed by atoms with Crippen LogP contribution in [-0.2, 0) is 23.7 Å². The van der Waals surface area contributed by atoms with Gasteiger partial charge in [0.25, 0.3) is 0 Å². The van der Waals surface area contributed by atoms with E-state index in [-0.39, 0.29) is 6.42 Å². The van der Waals surface area contributed by atoms with Crippen molar-refractivity contribution in [2.24, 2.45) is 0 Å². The molecule has 0 aromatic carbocycles. The van der Waals surface area contributed by atoms with Crippen molar-refractivity contribution in [1.29, 1.82) is 0 Å². The van der Waals surface area contributed by atoms with Gasteiger partial charge in [-0.05, 0) is 6.42 Å². The number of esters is 1. The van der Waals surface area contributed by atoms with Gasteiger partial charge in [0.05, 0.1) is 13.2 Å². The smallest absolute Gasteiger partial charge is 0.308 e. The van der Waals surface area contributed by atoms with Gasteiger partial charge in [0.15, 0.2) is 6.29 Å². The maximum atomic E-state index is 12.3. The maximum Gasteiger partial charge on any atom is 0.308 e. The fraction of sp³-hybridized carbons (Fsp3) is 0.962. The molecule has 2 saturated heterocycles. The minimum absolute atomic E-state index is 0.119. The molecule has 0 aliphatic carbocycles. The van der Waals surface area contributed by atoms with Crippen LogP contribution < -0.4 is 0 Å². The lowest BCUT2D eigenvalue weighted by Crippen LogP contribution is -2.64. The normalized spacial score (nSPS) is 35.8. The third-order valence-electron chi connectivity index (χ3n) is 7.19. The van der Waals surface area contributed by atoms with Gasteiger partial charge in [-0.15, -0.1) is 0 Å². The molecule has 10 atom stereocenters. The van der Waals surface area contributed by atoms with Gasteiger partial charge < -0.3 is 54.7 Å². The summed E-state index contributed by atoms with van der Waals surface area (Å²) in [7, 11) is 0. The molecule has 12 heteroatoms. The van der Waals surface area contributed by atoms with Crippen molar-refractivity contribution in [2.45, 2.75) is 145 Å². The lowest BCUT2D eigenvalue weighted by atomic mass is 9.97. The molecule has 38 heavy (non-hydrogen) atoms. The summed E-state index contributed by atoms with van der Waals surface area (Å²) in [5, 5.41) is 70.2. The van der Waals surface area contributed by atoms with Crippen molar-refractivity contribution in [1.82, 2.24) is 0 Å². The van der Waals surface area contributed by atoms with Crippen molar-refractivity contribution in [3.05, 3.63) is 0 Å². The molecular formula is C26H48O12. The molecule has 2 aliphatic heterocycles. The van der Waals surface area contributed by atoms with E-state index in [1.165, 1.54) is 44.9 Å². The highest BCUT2D eigenvalue weighted by atomic mass is 16.7. The number of rotatable bonds is 17. The Hall–Kier alpha value is -0.930. The van der Waals surface area contributed by atoms with E-state index in [0.717, 1.165) is 19.3 Å². The molecule has 2 fully saturated rings. The molecule has 7 N–H and O–H groups in total. The molecule has 0 bridgehead atoms. The first-order valence-corrected chi connectivity index (χ1v) is 14.0. The monoisotopic (exact) mass is 552 g/mol. The van der Waals surface area contributed by atoms with Crippen LogP contribution in [0.25, 0.3) is 0 Å². The number of aliphatic hydroxyl groups excluding tert-OH is 7. The zero-order valence-electron chi connectivity index (χ0n) is 22.3. The van der Waals surface area contributed by atoms with Crippen LogP contribution in [0.5, 0.6) is 0 Å². The summed E-state index contributed by atoms with van der Waals surface area (Å²) in [5.74, 6) is -0.609. The first kappa shape index (κ1) is 33.3. The van der Waals surface area contributed by atoms with Gasteiger partial charge in [-0.3, -0.25) is 4.79 Å². The molecule has 0 spiro atoms. The first-order valence-electron chi connectivity index (χ1n) is 14.0. The van der Waals surface area contributed by atoms with E-state index in [0.29, 0.717) is 6.42 Å². The standard InChI is InChI=1S/C26H48O12/c1-2-3-4-5-6-7-8-9-10-11-12-13-18(29)37-25-23(34)21(32)24(17(15-28)36-25)38-26-22(33)20(31)19(30)16(14-27)35-26/h16-17,19-28,30-34H,2-15H2,1H3/t16-,17?,19-,20+,21?,22-,23-,24-,25+,26-/m1/s1. The second kappa shape index (κ2) is 17.7. The molecular weight excluding hydrogens is 504 g/mol. The third-order valence-corrected chi connectivity index (χ3v) is 7.19. The van der Waals surface area contributed by atoms with Gasteiger partial charge in [-0.25, -0.2) is 0 Å². The lowest BCUT2D eigenvalue weighted by Gasteiger charge is -2.45. The molecule has 0 radical (unpaired) electrons. The molecule has 2 heterocycles. The molecule has 0 aromatic heterocycles. The molecule has 0 amide bonds. The van der Waals surface area contributed by atoms with E-state index in [9.17, 15) is 40.5 Å². The summed E-state index contributed by atoms with van der Waals surface area (Å²) in [4.78, 5) is 12.3. The Balaban J connectivity index is 1.74. The van der Waals surface area contributed by atoms with Crippen LogP contribution in [0.2, 0.25) is 0 Å². The van der Waals surface area contributed by atoms with Crippen LogP contribution in [0.4, 0.5) is 0 Å². The largest absolute Gasteiger partial charge is 0.433 e. The Morgan fingerprint density at radius 3 is 1.68 bits per heavy atom. The molecule has 2 rings (SSSR count). The van der Waals surface area contributed by atoms with Crippen LogP contribution in [0.3, 0.4) is 0 Å². The fourth-order valence-electron chi connectivity index (χ4n) is 4.77. The van der Waals surface area contributed by atoms with Gasteiger partial charge in [0, 0.05) is 6.42 Å². The Morgan fingerprint density at radius 1 is 0.632 bits per heavy atom. The number of aliphatic hydroxyl groups is 7. The minimum atomic E-state index is -1.75. The third kappa shape index (κ3) is 9.92. The average molecular weight is 553 g/mol. The molecule has 0 saturated carbocycles. The number of unbranched alkanes of at least 4 members (excludes halogenated alkanes) is 10. The van der Waals surface area contributed by atoms with Crippen LogP contribution in [0, 0.1) is 0 Å². The predicted molar refractivity (Wildman–Crippen MR) is 134 cm³/mol. The second-order valence-electron chi connectivity index (χ2n) is 10.3. The van der Waals surface area contributed by atoms with E-state index in [2.05, 4.69) is 6.92 Å². The number of carbonyl (C=O) groups excluding carboxylic acids is 1.